The summed E-state index contributed by atoms with van der Waals surface area (Å²) in [4.78, 5) is 10.4. The van der Waals surface area contributed by atoms with Crippen molar-refractivity contribution in [1.29, 1.82) is 0 Å². The number of rotatable bonds is 2. The minimum atomic E-state index is 0.650. The van der Waals surface area contributed by atoms with Crippen molar-refractivity contribution in [2.45, 2.75) is 44.9 Å². The van der Waals surface area contributed by atoms with E-state index in [1.54, 1.807) is 11.1 Å². The average Bonchev–Trinajstić information content (AvgIpc) is 2.18. The second-order valence-electron chi connectivity index (χ2n) is 4.01. The van der Waals surface area contributed by atoms with E-state index in [1.807, 2.05) is 0 Å². The minimum Gasteiger partial charge on any atom is -0.303 e. The van der Waals surface area contributed by atoms with E-state index in [2.05, 4.69) is 6.08 Å². The predicted octanol–water partition coefficient (Wildman–Crippen LogP) is 3.17. The Labute approximate surface area is 79.5 Å². The molecule has 0 radical (unpaired) electrons. The maximum absolute atomic E-state index is 10.4. The molecule has 0 aromatic rings. The monoisotopic (exact) mass is 176 g/mol. The largest absolute Gasteiger partial charge is 0.303 e. The third-order valence-corrected chi connectivity index (χ3v) is 3.10. The van der Waals surface area contributed by atoms with Crippen LogP contribution in [0.5, 0.6) is 0 Å². The number of carbonyl (C=O) groups is 1. The molecule has 0 aromatic heterocycles. The molecule has 0 bridgehead atoms. The Bertz CT molecular complexity index is 271. The van der Waals surface area contributed by atoms with Crippen LogP contribution in [0.15, 0.2) is 22.8 Å². The molecule has 2 rings (SSSR count). The fourth-order valence-corrected chi connectivity index (χ4v) is 2.35. The van der Waals surface area contributed by atoms with Gasteiger partial charge in [-0.05, 0) is 44.1 Å². The Morgan fingerprint density at radius 1 is 1.15 bits per heavy atom. The molecule has 0 aromatic carbocycles. The van der Waals surface area contributed by atoms with Gasteiger partial charge in [0.1, 0.15) is 6.29 Å². The molecule has 0 N–H and O–H groups in total. The second kappa shape index (κ2) is 3.91. The van der Waals surface area contributed by atoms with Gasteiger partial charge in [-0.15, -0.1) is 0 Å². The highest BCUT2D eigenvalue weighted by atomic mass is 16.1. The van der Waals surface area contributed by atoms with E-state index in [9.17, 15) is 4.79 Å². The van der Waals surface area contributed by atoms with Crippen LogP contribution in [0.3, 0.4) is 0 Å². The third-order valence-electron chi connectivity index (χ3n) is 3.10. The molecule has 13 heavy (non-hydrogen) atoms. The highest BCUT2D eigenvalue weighted by Gasteiger charge is 2.15. The van der Waals surface area contributed by atoms with Gasteiger partial charge >= 0.3 is 0 Å². The van der Waals surface area contributed by atoms with E-state index in [0.717, 1.165) is 12.7 Å². The summed E-state index contributed by atoms with van der Waals surface area (Å²) < 4.78 is 0. The zero-order chi connectivity index (χ0) is 9.10. The summed E-state index contributed by atoms with van der Waals surface area (Å²) in [6.07, 6.45) is 11.6. The van der Waals surface area contributed by atoms with Gasteiger partial charge in [0.25, 0.3) is 0 Å². The lowest BCUT2D eigenvalue weighted by Gasteiger charge is -2.23. The molecule has 2 aliphatic rings. The highest BCUT2D eigenvalue weighted by Crippen LogP contribution is 2.34. The maximum Gasteiger partial charge on any atom is 0.124 e. The van der Waals surface area contributed by atoms with Crippen LogP contribution in [0.2, 0.25) is 0 Å². The highest BCUT2D eigenvalue weighted by molar-refractivity contribution is 5.55. The fraction of sp³-hybridized carbons (Fsp3) is 0.583. The van der Waals surface area contributed by atoms with Gasteiger partial charge < -0.3 is 4.79 Å². The number of hydrogen-bond donors (Lipinski definition) is 0. The molecule has 0 aliphatic heterocycles. The first kappa shape index (κ1) is 8.74. The van der Waals surface area contributed by atoms with Crippen LogP contribution in [-0.4, -0.2) is 6.29 Å². The van der Waals surface area contributed by atoms with Crippen LogP contribution in [0.4, 0.5) is 0 Å². The van der Waals surface area contributed by atoms with Crippen molar-refractivity contribution >= 4 is 6.29 Å². The number of carbonyl (C=O) groups excluding carboxylic acids is 1. The molecule has 0 saturated carbocycles. The first-order valence-electron chi connectivity index (χ1n) is 5.24. The van der Waals surface area contributed by atoms with Gasteiger partial charge in [0.05, 0.1) is 0 Å². The lowest BCUT2D eigenvalue weighted by Crippen LogP contribution is -2.04. The van der Waals surface area contributed by atoms with Gasteiger partial charge in [0.2, 0.25) is 0 Å². The Kier molecular flexibility index (Phi) is 2.62. The van der Waals surface area contributed by atoms with Crippen LogP contribution in [0.25, 0.3) is 0 Å². The van der Waals surface area contributed by atoms with Gasteiger partial charge in [0.15, 0.2) is 0 Å². The molecular formula is C12H16O. The molecule has 0 unspecified atom stereocenters. The van der Waals surface area contributed by atoms with Crippen LogP contribution >= 0.6 is 0 Å². The van der Waals surface area contributed by atoms with Crippen molar-refractivity contribution in [2.24, 2.45) is 0 Å². The van der Waals surface area contributed by atoms with E-state index in [-0.39, 0.29) is 0 Å². The molecule has 1 heteroatoms. The fourth-order valence-electron chi connectivity index (χ4n) is 2.35. The third kappa shape index (κ3) is 1.90. The summed E-state index contributed by atoms with van der Waals surface area (Å²) in [5, 5.41) is 0. The Morgan fingerprint density at radius 3 is 2.85 bits per heavy atom. The molecule has 2 aliphatic carbocycles. The van der Waals surface area contributed by atoms with Gasteiger partial charge in [-0.2, -0.15) is 0 Å². The minimum absolute atomic E-state index is 0.650. The van der Waals surface area contributed by atoms with Crippen molar-refractivity contribution in [3.63, 3.8) is 0 Å². The van der Waals surface area contributed by atoms with E-state index >= 15 is 0 Å². The Balaban J connectivity index is 2.15. The second-order valence-corrected chi connectivity index (χ2v) is 4.01. The topological polar surface area (TPSA) is 17.1 Å². The summed E-state index contributed by atoms with van der Waals surface area (Å²) in [5.41, 5.74) is 4.56. The summed E-state index contributed by atoms with van der Waals surface area (Å²) in [5.74, 6) is 0. The van der Waals surface area contributed by atoms with Gasteiger partial charge in [-0.1, -0.05) is 17.2 Å². The van der Waals surface area contributed by atoms with Crippen LogP contribution in [-0.2, 0) is 4.79 Å². The first-order chi connectivity index (χ1) is 6.40. The van der Waals surface area contributed by atoms with Crippen LogP contribution < -0.4 is 0 Å². The van der Waals surface area contributed by atoms with E-state index in [1.165, 1.54) is 37.7 Å². The first-order valence-corrected chi connectivity index (χ1v) is 5.24. The molecule has 0 saturated heterocycles. The Morgan fingerprint density at radius 2 is 2.00 bits per heavy atom. The van der Waals surface area contributed by atoms with E-state index < -0.39 is 0 Å². The van der Waals surface area contributed by atoms with Crippen LogP contribution in [0, 0.1) is 0 Å². The predicted molar refractivity (Wildman–Crippen MR) is 53.5 cm³/mol. The number of allylic oxidation sites excluding steroid dienone is 4. The van der Waals surface area contributed by atoms with Gasteiger partial charge in [-0.25, -0.2) is 0 Å². The Hall–Kier alpha value is -0.850. The molecule has 70 valence electrons. The van der Waals surface area contributed by atoms with E-state index in [4.69, 9.17) is 0 Å². The zero-order valence-corrected chi connectivity index (χ0v) is 8.01. The van der Waals surface area contributed by atoms with Crippen molar-refractivity contribution in [2.75, 3.05) is 0 Å². The van der Waals surface area contributed by atoms with Crippen molar-refractivity contribution in [3.8, 4) is 0 Å². The van der Waals surface area contributed by atoms with Crippen molar-refractivity contribution < 1.29 is 4.79 Å². The quantitative estimate of drug-likeness (QED) is 0.591. The smallest absolute Gasteiger partial charge is 0.124 e. The number of hydrogen-bond acceptors (Lipinski definition) is 1. The SMILES string of the molecule is O=CCC1=CC2=C(CCCC2)CC1. The standard InChI is InChI=1S/C12H16O/c13-8-7-10-5-6-11-3-1-2-4-12(11)9-10/h8-9H,1-7H2. The number of aldehydes is 1. The van der Waals surface area contributed by atoms with Crippen LogP contribution in [0.1, 0.15) is 44.9 Å². The summed E-state index contributed by atoms with van der Waals surface area (Å²) in [6, 6.07) is 0. The van der Waals surface area contributed by atoms with Crippen molar-refractivity contribution in [1.82, 2.24) is 0 Å². The molecule has 0 amide bonds. The van der Waals surface area contributed by atoms with Gasteiger partial charge in [0, 0.05) is 6.42 Å². The molecule has 0 heterocycles. The lowest BCUT2D eigenvalue weighted by atomic mass is 9.83. The van der Waals surface area contributed by atoms with Gasteiger partial charge in [-0.3, -0.25) is 0 Å². The summed E-state index contributed by atoms with van der Waals surface area (Å²) in [7, 11) is 0. The molecular weight excluding hydrogens is 160 g/mol. The van der Waals surface area contributed by atoms with Crippen molar-refractivity contribution in [3.05, 3.63) is 22.8 Å². The van der Waals surface area contributed by atoms with E-state index in [0.29, 0.717) is 6.42 Å². The molecule has 1 nitrogen and oxygen atoms in total. The normalized spacial score (nSPS) is 22.3. The molecule has 0 fully saturated rings. The molecule has 0 spiro atoms. The average molecular weight is 176 g/mol. The zero-order valence-electron chi connectivity index (χ0n) is 8.01. The summed E-state index contributed by atoms with van der Waals surface area (Å²) >= 11 is 0. The summed E-state index contributed by atoms with van der Waals surface area (Å²) in [6.45, 7) is 0. The lowest BCUT2D eigenvalue weighted by molar-refractivity contribution is -0.107. The molecule has 0 atom stereocenters. The maximum atomic E-state index is 10.4.